The summed E-state index contributed by atoms with van der Waals surface area (Å²) in [7, 11) is 0. The van der Waals surface area contributed by atoms with Gasteiger partial charge in [0.05, 0.1) is 0 Å². The molecule has 0 spiro atoms. The Balaban J connectivity index is 1.89. The van der Waals surface area contributed by atoms with Crippen molar-refractivity contribution < 1.29 is 8.91 Å². The van der Waals surface area contributed by atoms with Crippen molar-refractivity contribution in [1.29, 1.82) is 0 Å². The summed E-state index contributed by atoms with van der Waals surface area (Å²) in [6.45, 7) is 2.58. The highest BCUT2D eigenvalue weighted by Gasteiger charge is 2.10. The maximum atomic E-state index is 13.7. The smallest absolute Gasteiger partial charge is 0.213 e. The number of nitrogens with zero attached hydrogens (tertiary/aromatic N) is 2. The normalized spacial score (nSPS) is 12.6. The lowest BCUT2D eigenvalue weighted by Crippen LogP contribution is -2.22. The molecule has 1 atom stereocenters. The highest BCUT2D eigenvalue weighted by atomic mass is 79.9. The fourth-order valence-corrected chi connectivity index (χ4v) is 2.00. The van der Waals surface area contributed by atoms with Gasteiger partial charge in [-0.25, -0.2) is 4.39 Å². The van der Waals surface area contributed by atoms with Gasteiger partial charge in [-0.3, -0.25) is 0 Å². The monoisotopic (exact) mass is 313 g/mol. The molecule has 1 unspecified atom stereocenters. The summed E-state index contributed by atoms with van der Waals surface area (Å²) in [6, 6.07) is 5.00. The van der Waals surface area contributed by atoms with E-state index >= 15 is 0 Å². The molecule has 0 saturated heterocycles. The number of nitrogens with one attached hydrogen (secondary N) is 1. The van der Waals surface area contributed by atoms with Crippen LogP contribution in [0.4, 0.5) is 4.39 Å². The Bertz CT molecular complexity index is 504. The maximum Gasteiger partial charge on any atom is 0.213 e. The lowest BCUT2D eigenvalue weighted by atomic mass is 10.1. The molecular weight excluding hydrogens is 301 g/mol. The summed E-state index contributed by atoms with van der Waals surface area (Å²) in [6.07, 6.45) is 1.95. The lowest BCUT2D eigenvalue weighted by Gasteiger charge is -2.14. The highest BCUT2D eigenvalue weighted by Crippen LogP contribution is 2.20. The molecule has 2 aromatic rings. The molecule has 0 saturated carbocycles. The van der Waals surface area contributed by atoms with E-state index in [9.17, 15) is 4.39 Å². The summed E-state index contributed by atoms with van der Waals surface area (Å²) in [4.78, 5) is 3.92. The standard InChI is InChI=1S/C12H13BrFN3O/c1-8(10-3-2-9(13)6-11(10)14)15-5-4-12-16-7-18-17-12/h2-3,6-8,15H,4-5H2,1H3. The molecule has 18 heavy (non-hydrogen) atoms. The predicted octanol–water partition coefficient (Wildman–Crippen LogP) is 2.86. The molecule has 1 N–H and O–H groups in total. The third-order valence-electron chi connectivity index (χ3n) is 2.64. The second-order valence-electron chi connectivity index (χ2n) is 3.94. The van der Waals surface area contributed by atoms with Crippen molar-refractivity contribution in [2.24, 2.45) is 0 Å². The molecule has 0 amide bonds. The van der Waals surface area contributed by atoms with Gasteiger partial charge in [0.1, 0.15) is 5.82 Å². The van der Waals surface area contributed by atoms with Gasteiger partial charge in [0.2, 0.25) is 6.39 Å². The van der Waals surface area contributed by atoms with Crippen LogP contribution in [-0.4, -0.2) is 16.7 Å². The Labute approximate surface area is 113 Å². The molecular formula is C12H13BrFN3O. The first-order valence-electron chi connectivity index (χ1n) is 5.60. The molecule has 1 aromatic carbocycles. The van der Waals surface area contributed by atoms with Crippen molar-refractivity contribution in [1.82, 2.24) is 15.5 Å². The molecule has 4 nitrogen and oxygen atoms in total. The number of aromatic nitrogens is 2. The summed E-state index contributed by atoms with van der Waals surface area (Å²) in [5, 5.41) is 6.93. The Kier molecular flexibility index (Phi) is 4.43. The van der Waals surface area contributed by atoms with Crippen LogP contribution in [-0.2, 0) is 6.42 Å². The van der Waals surface area contributed by atoms with Crippen LogP contribution < -0.4 is 5.32 Å². The Morgan fingerprint density at radius 1 is 1.50 bits per heavy atom. The second kappa shape index (κ2) is 6.06. The zero-order valence-corrected chi connectivity index (χ0v) is 11.4. The van der Waals surface area contributed by atoms with Gasteiger partial charge in [0.25, 0.3) is 0 Å². The first-order chi connectivity index (χ1) is 8.66. The molecule has 0 aliphatic rings. The molecule has 0 radical (unpaired) electrons. The number of halogens is 2. The van der Waals surface area contributed by atoms with Gasteiger partial charge in [-0.15, -0.1) is 0 Å². The van der Waals surface area contributed by atoms with Crippen molar-refractivity contribution in [2.45, 2.75) is 19.4 Å². The van der Waals surface area contributed by atoms with Crippen LogP contribution >= 0.6 is 15.9 Å². The molecule has 0 aliphatic carbocycles. The lowest BCUT2D eigenvalue weighted by molar-refractivity contribution is 0.408. The number of benzene rings is 1. The van der Waals surface area contributed by atoms with Gasteiger partial charge < -0.3 is 9.84 Å². The number of hydrogen-bond acceptors (Lipinski definition) is 4. The molecule has 96 valence electrons. The van der Waals surface area contributed by atoms with Gasteiger partial charge >= 0.3 is 0 Å². The number of rotatable bonds is 5. The first-order valence-corrected chi connectivity index (χ1v) is 6.39. The average Bonchev–Trinajstić information content (AvgIpc) is 2.81. The van der Waals surface area contributed by atoms with Crippen LogP contribution in [0.2, 0.25) is 0 Å². The highest BCUT2D eigenvalue weighted by molar-refractivity contribution is 9.10. The van der Waals surface area contributed by atoms with Gasteiger partial charge in [0.15, 0.2) is 5.82 Å². The minimum atomic E-state index is -0.219. The summed E-state index contributed by atoms with van der Waals surface area (Å²) < 4.78 is 19.1. The molecule has 2 rings (SSSR count). The van der Waals surface area contributed by atoms with E-state index in [-0.39, 0.29) is 11.9 Å². The molecule has 0 bridgehead atoms. The van der Waals surface area contributed by atoms with E-state index in [1.165, 1.54) is 12.5 Å². The van der Waals surface area contributed by atoms with Crippen molar-refractivity contribution in [3.63, 3.8) is 0 Å². The van der Waals surface area contributed by atoms with Crippen molar-refractivity contribution in [3.8, 4) is 0 Å². The predicted molar refractivity (Wildman–Crippen MR) is 68.5 cm³/mol. The minimum absolute atomic E-state index is 0.0648. The molecule has 6 heteroatoms. The van der Waals surface area contributed by atoms with Crippen LogP contribution in [0, 0.1) is 5.82 Å². The van der Waals surface area contributed by atoms with E-state index in [1.54, 1.807) is 6.07 Å². The van der Waals surface area contributed by atoms with Crippen molar-refractivity contribution in [2.75, 3.05) is 6.54 Å². The molecule has 0 fully saturated rings. The van der Waals surface area contributed by atoms with Crippen LogP contribution in [0.5, 0.6) is 0 Å². The zero-order chi connectivity index (χ0) is 13.0. The largest absolute Gasteiger partial charge is 0.343 e. The van der Waals surface area contributed by atoms with Crippen LogP contribution in [0.15, 0.2) is 33.6 Å². The van der Waals surface area contributed by atoms with E-state index in [0.717, 1.165) is 4.47 Å². The zero-order valence-electron chi connectivity index (χ0n) is 9.86. The van der Waals surface area contributed by atoms with E-state index in [2.05, 4.69) is 35.9 Å². The van der Waals surface area contributed by atoms with Crippen molar-refractivity contribution >= 4 is 15.9 Å². The Hall–Kier alpha value is -1.27. The summed E-state index contributed by atoms with van der Waals surface area (Å²) in [5.41, 5.74) is 0.645. The second-order valence-corrected chi connectivity index (χ2v) is 4.85. The Morgan fingerprint density at radius 3 is 3.00 bits per heavy atom. The third kappa shape index (κ3) is 3.36. The Morgan fingerprint density at radius 2 is 2.33 bits per heavy atom. The van der Waals surface area contributed by atoms with Crippen LogP contribution in [0.25, 0.3) is 0 Å². The van der Waals surface area contributed by atoms with Gasteiger partial charge in [-0.2, -0.15) is 4.98 Å². The fraction of sp³-hybridized carbons (Fsp3) is 0.333. The van der Waals surface area contributed by atoms with Gasteiger partial charge in [-0.05, 0) is 19.1 Å². The maximum absolute atomic E-state index is 13.7. The van der Waals surface area contributed by atoms with E-state index < -0.39 is 0 Å². The quantitative estimate of drug-likeness (QED) is 0.922. The van der Waals surface area contributed by atoms with E-state index in [1.807, 2.05) is 13.0 Å². The summed E-state index contributed by atoms with van der Waals surface area (Å²) in [5.74, 6) is 0.426. The molecule has 1 heterocycles. The third-order valence-corrected chi connectivity index (χ3v) is 3.13. The first kappa shape index (κ1) is 13.2. The van der Waals surface area contributed by atoms with Crippen LogP contribution in [0.1, 0.15) is 24.4 Å². The fourth-order valence-electron chi connectivity index (χ4n) is 1.67. The minimum Gasteiger partial charge on any atom is -0.343 e. The summed E-state index contributed by atoms with van der Waals surface area (Å²) >= 11 is 3.24. The molecule has 0 aliphatic heterocycles. The SMILES string of the molecule is CC(NCCc1ncon1)c1ccc(Br)cc1F. The van der Waals surface area contributed by atoms with E-state index in [4.69, 9.17) is 0 Å². The van der Waals surface area contributed by atoms with E-state index in [0.29, 0.717) is 24.4 Å². The van der Waals surface area contributed by atoms with Crippen LogP contribution in [0.3, 0.4) is 0 Å². The van der Waals surface area contributed by atoms with Gasteiger partial charge in [0, 0.05) is 29.0 Å². The molecule has 1 aromatic heterocycles. The topological polar surface area (TPSA) is 51.0 Å². The average molecular weight is 314 g/mol. The van der Waals surface area contributed by atoms with Crippen molar-refractivity contribution in [3.05, 3.63) is 46.3 Å². The van der Waals surface area contributed by atoms with Gasteiger partial charge in [-0.1, -0.05) is 27.2 Å². The number of hydrogen-bond donors (Lipinski definition) is 1.